The number of aryl methyl sites for hydroxylation is 1. The van der Waals surface area contributed by atoms with Crippen LogP contribution in [0, 0.1) is 6.92 Å². The van der Waals surface area contributed by atoms with Gasteiger partial charge >= 0.3 is 0 Å². The zero-order chi connectivity index (χ0) is 12.8. The Kier molecular flexibility index (Phi) is 4.25. The monoisotopic (exact) mass is 262 g/mol. The van der Waals surface area contributed by atoms with E-state index >= 15 is 0 Å². The number of rotatable bonds is 5. The molecule has 0 bridgehead atoms. The Bertz CT molecular complexity index is 495. The van der Waals surface area contributed by atoms with Crippen molar-refractivity contribution in [3.63, 3.8) is 0 Å². The van der Waals surface area contributed by atoms with Gasteiger partial charge in [0.2, 0.25) is 5.13 Å². The number of aromatic nitrogens is 2. The van der Waals surface area contributed by atoms with Gasteiger partial charge in [0.05, 0.1) is 0 Å². The molecule has 5 nitrogen and oxygen atoms in total. The molecule has 6 heteroatoms. The molecule has 0 radical (unpaired) electrons. The second kappa shape index (κ2) is 6.11. The van der Waals surface area contributed by atoms with Crippen LogP contribution < -0.4 is 10.6 Å². The lowest BCUT2D eigenvalue weighted by atomic mass is 10.1. The van der Waals surface area contributed by atoms with Crippen LogP contribution in [0.25, 0.3) is 0 Å². The van der Waals surface area contributed by atoms with E-state index < -0.39 is 0 Å². The highest BCUT2D eigenvalue weighted by molar-refractivity contribution is 7.13. The maximum Gasteiger partial charge on any atom is 0.251 e. The summed E-state index contributed by atoms with van der Waals surface area (Å²) in [4.78, 5) is 11.8. The van der Waals surface area contributed by atoms with Crippen molar-refractivity contribution in [2.24, 2.45) is 0 Å². The fourth-order valence-electron chi connectivity index (χ4n) is 1.40. The lowest BCUT2D eigenvalue weighted by Crippen LogP contribution is -2.28. The van der Waals surface area contributed by atoms with E-state index in [0.29, 0.717) is 18.7 Å². The molecule has 0 fully saturated rings. The molecule has 94 valence electrons. The van der Waals surface area contributed by atoms with Gasteiger partial charge in [-0.05, 0) is 19.1 Å². The lowest BCUT2D eigenvalue weighted by molar-refractivity contribution is 0.0955. The minimum atomic E-state index is -0.0611. The maximum atomic E-state index is 11.8. The van der Waals surface area contributed by atoms with Crippen LogP contribution in [0.1, 0.15) is 15.9 Å². The second-order valence-corrected chi connectivity index (χ2v) is 4.63. The molecule has 2 rings (SSSR count). The first kappa shape index (κ1) is 12.5. The van der Waals surface area contributed by atoms with Gasteiger partial charge in [0.15, 0.2) is 0 Å². The number of nitrogens with one attached hydrogen (secondary N) is 2. The van der Waals surface area contributed by atoms with E-state index in [0.717, 1.165) is 10.7 Å². The maximum absolute atomic E-state index is 11.8. The Hall–Kier alpha value is -1.95. The third kappa shape index (κ3) is 3.53. The van der Waals surface area contributed by atoms with Crippen LogP contribution in [-0.2, 0) is 0 Å². The molecule has 0 saturated heterocycles. The number of hydrogen-bond donors (Lipinski definition) is 2. The van der Waals surface area contributed by atoms with Crippen molar-refractivity contribution in [3.05, 3.63) is 40.9 Å². The van der Waals surface area contributed by atoms with E-state index in [4.69, 9.17) is 0 Å². The van der Waals surface area contributed by atoms with Crippen LogP contribution >= 0.6 is 11.3 Å². The average molecular weight is 262 g/mol. The number of hydrogen-bond acceptors (Lipinski definition) is 5. The number of carbonyl (C=O) groups excluding carboxylic acids is 1. The van der Waals surface area contributed by atoms with Crippen LogP contribution in [0.15, 0.2) is 29.8 Å². The first-order valence-corrected chi connectivity index (χ1v) is 6.48. The summed E-state index contributed by atoms with van der Waals surface area (Å²) in [5, 5.41) is 14.2. The van der Waals surface area contributed by atoms with Gasteiger partial charge in [-0.3, -0.25) is 4.79 Å². The summed E-state index contributed by atoms with van der Waals surface area (Å²) in [6.45, 7) is 3.17. The molecule has 0 aliphatic rings. The predicted molar refractivity (Wildman–Crippen MR) is 71.9 cm³/mol. The second-order valence-electron chi connectivity index (χ2n) is 3.79. The van der Waals surface area contributed by atoms with E-state index in [1.54, 1.807) is 5.51 Å². The molecule has 2 N–H and O–H groups in total. The lowest BCUT2D eigenvalue weighted by Gasteiger charge is -2.05. The molecule has 18 heavy (non-hydrogen) atoms. The average Bonchev–Trinajstić information content (AvgIpc) is 2.88. The highest BCUT2D eigenvalue weighted by atomic mass is 32.1. The molecule has 0 saturated carbocycles. The van der Waals surface area contributed by atoms with Gasteiger partial charge in [-0.1, -0.05) is 29.0 Å². The summed E-state index contributed by atoms with van der Waals surface area (Å²) in [6.07, 6.45) is 0. The molecule has 2 aromatic rings. The van der Waals surface area contributed by atoms with Crippen molar-refractivity contribution in [3.8, 4) is 0 Å². The summed E-state index contributed by atoms with van der Waals surface area (Å²) < 4.78 is 0. The SMILES string of the molecule is Cc1ccc(C(=O)NCCNc2nncs2)cc1. The Balaban J connectivity index is 1.73. The van der Waals surface area contributed by atoms with Crippen LogP contribution in [0.3, 0.4) is 0 Å². The summed E-state index contributed by atoms with van der Waals surface area (Å²) in [5.74, 6) is -0.0611. The van der Waals surface area contributed by atoms with Gasteiger partial charge in [0.25, 0.3) is 5.91 Å². The molecule has 0 aliphatic carbocycles. The largest absolute Gasteiger partial charge is 0.358 e. The highest BCUT2D eigenvalue weighted by Crippen LogP contribution is 2.06. The van der Waals surface area contributed by atoms with Crippen molar-refractivity contribution < 1.29 is 4.79 Å². The van der Waals surface area contributed by atoms with Crippen molar-refractivity contribution in [1.29, 1.82) is 0 Å². The smallest absolute Gasteiger partial charge is 0.251 e. The third-order valence-electron chi connectivity index (χ3n) is 2.36. The molecule has 0 atom stereocenters. The minimum absolute atomic E-state index is 0.0611. The Morgan fingerprint density at radius 2 is 2.06 bits per heavy atom. The molecule has 0 spiro atoms. The summed E-state index contributed by atoms with van der Waals surface area (Å²) in [6, 6.07) is 7.49. The van der Waals surface area contributed by atoms with Gasteiger partial charge in [0, 0.05) is 18.7 Å². The van der Waals surface area contributed by atoms with Crippen LogP contribution in [0.2, 0.25) is 0 Å². The van der Waals surface area contributed by atoms with Crippen LogP contribution in [0.5, 0.6) is 0 Å². The molecular formula is C12H14N4OS. The van der Waals surface area contributed by atoms with Crippen LogP contribution in [-0.4, -0.2) is 29.2 Å². The summed E-state index contributed by atoms with van der Waals surface area (Å²) in [7, 11) is 0. The summed E-state index contributed by atoms with van der Waals surface area (Å²) in [5.41, 5.74) is 3.48. The van der Waals surface area contributed by atoms with Crippen molar-refractivity contribution in [1.82, 2.24) is 15.5 Å². The predicted octanol–water partition coefficient (Wildman–Crippen LogP) is 1.69. The van der Waals surface area contributed by atoms with Gasteiger partial charge in [0.1, 0.15) is 5.51 Å². The summed E-state index contributed by atoms with van der Waals surface area (Å²) >= 11 is 1.43. The van der Waals surface area contributed by atoms with Crippen molar-refractivity contribution >= 4 is 22.4 Å². The first-order valence-electron chi connectivity index (χ1n) is 5.60. The molecule has 1 aromatic carbocycles. The van der Waals surface area contributed by atoms with Gasteiger partial charge in [-0.2, -0.15) is 0 Å². The molecule has 1 amide bonds. The number of anilines is 1. The van der Waals surface area contributed by atoms with E-state index in [1.807, 2.05) is 31.2 Å². The third-order valence-corrected chi connectivity index (χ3v) is 3.01. The van der Waals surface area contributed by atoms with Gasteiger partial charge in [-0.15, -0.1) is 10.2 Å². The van der Waals surface area contributed by atoms with E-state index in [9.17, 15) is 4.79 Å². The molecule has 1 heterocycles. The Morgan fingerprint density at radius 3 is 2.72 bits per heavy atom. The van der Waals surface area contributed by atoms with Gasteiger partial charge in [-0.25, -0.2) is 0 Å². The Morgan fingerprint density at radius 1 is 1.28 bits per heavy atom. The minimum Gasteiger partial charge on any atom is -0.358 e. The molecule has 1 aromatic heterocycles. The zero-order valence-corrected chi connectivity index (χ0v) is 10.8. The number of carbonyl (C=O) groups is 1. The topological polar surface area (TPSA) is 66.9 Å². The van der Waals surface area contributed by atoms with Crippen LogP contribution in [0.4, 0.5) is 5.13 Å². The Labute approximate surface area is 109 Å². The van der Waals surface area contributed by atoms with E-state index in [1.165, 1.54) is 11.3 Å². The fraction of sp³-hybridized carbons (Fsp3) is 0.250. The van der Waals surface area contributed by atoms with Crippen molar-refractivity contribution in [2.75, 3.05) is 18.4 Å². The standard InChI is InChI=1S/C12H14N4OS/c1-9-2-4-10(5-3-9)11(17)13-6-7-14-12-16-15-8-18-12/h2-5,8H,6-7H2,1H3,(H,13,17)(H,14,16). The normalized spacial score (nSPS) is 10.1. The number of amides is 1. The van der Waals surface area contributed by atoms with E-state index in [2.05, 4.69) is 20.8 Å². The van der Waals surface area contributed by atoms with Crippen molar-refractivity contribution in [2.45, 2.75) is 6.92 Å². The first-order chi connectivity index (χ1) is 8.75. The van der Waals surface area contributed by atoms with Gasteiger partial charge < -0.3 is 10.6 Å². The molecular weight excluding hydrogens is 248 g/mol. The number of benzene rings is 1. The molecule has 0 aliphatic heterocycles. The molecule has 0 unspecified atom stereocenters. The van der Waals surface area contributed by atoms with E-state index in [-0.39, 0.29) is 5.91 Å². The zero-order valence-electron chi connectivity index (χ0n) is 10.0. The number of nitrogens with zero attached hydrogens (tertiary/aromatic N) is 2. The quantitative estimate of drug-likeness (QED) is 0.805. The fourth-order valence-corrected chi connectivity index (χ4v) is 1.88. The highest BCUT2D eigenvalue weighted by Gasteiger charge is 2.03.